The van der Waals surface area contributed by atoms with E-state index in [0.29, 0.717) is 24.2 Å². The molecular formula is C21H38F3N3O2. The number of hydrogen-bond donors (Lipinski definition) is 3. The lowest BCUT2D eigenvalue weighted by atomic mass is 9.86. The first-order chi connectivity index (χ1) is 13.6. The van der Waals surface area contributed by atoms with Gasteiger partial charge in [-0.1, -0.05) is 47.6 Å². The summed E-state index contributed by atoms with van der Waals surface area (Å²) in [5.41, 5.74) is 7.37. The van der Waals surface area contributed by atoms with Crippen LogP contribution in [0.2, 0.25) is 0 Å². The Kier molecular flexibility index (Phi) is 13.1. The van der Waals surface area contributed by atoms with Crippen molar-refractivity contribution in [3.05, 3.63) is 35.7 Å². The van der Waals surface area contributed by atoms with Crippen LogP contribution in [0.1, 0.15) is 71.3 Å². The van der Waals surface area contributed by atoms with E-state index in [1.54, 1.807) is 6.08 Å². The first-order valence-corrected chi connectivity index (χ1v) is 10.1. The number of fused-ring (bicyclic) bond motifs is 1. The van der Waals surface area contributed by atoms with Crippen molar-refractivity contribution in [2.75, 3.05) is 13.2 Å². The molecule has 1 aromatic heterocycles. The van der Waals surface area contributed by atoms with Crippen molar-refractivity contribution in [2.45, 2.75) is 78.6 Å². The number of aliphatic hydroxyl groups is 1. The van der Waals surface area contributed by atoms with Crippen LogP contribution in [0.15, 0.2) is 18.7 Å². The highest BCUT2D eigenvalue weighted by Crippen LogP contribution is 2.44. The van der Waals surface area contributed by atoms with Crippen LogP contribution in [-0.4, -0.2) is 29.4 Å². The molecule has 0 aromatic carbocycles. The van der Waals surface area contributed by atoms with E-state index in [1.165, 1.54) is 6.92 Å². The molecule has 2 rings (SSSR count). The zero-order valence-corrected chi connectivity index (χ0v) is 18.8. The summed E-state index contributed by atoms with van der Waals surface area (Å²) in [6, 6.07) is 1.15. The molecule has 1 aliphatic heterocycles. The van der Waals surface area contributed by atoms with Gasteiger partial charge in [-0.15, -0.1) is 6.58 Å². The molecule has 2 atom stereocenters. The summed E-state index contributed by atoms with van der Waals surface area (Å²) in [4.78, 5) is 3.85. The number of aryl methyl sites for hydroxylation is 1. The van der Waals surface area contributed by atoms with Gasteiger partial charge in [-0.05, 0) is 25.8 Å². The number of pyridine rings is 1. The second kappa shape index (κ2) is 12.8. The van der Waals surface area contributed by atoms with Crippen molar-refractivity contribution in [1.82, 2.24) is 4.98 Å². The molecule has 0 saturated heterocycles. The van der Waals surface area contributed by atoms with Gasteiger partial charge in [0.05, 0.1) is 16.9 Å². The Morgan fingerprint density at radius 3 is 2.17 bits per heavy atom. The van der Waals surface area contributed by atoms with Crippen molar-refractivity contribution < 1.29 is 23.0 Å². The summed E-state index contributed by atoms with van der Waals surface area (Å²) in [7, 11) is 0. The van der Waals surface area contributed by atoms with Gasteiger partial charge in [-0.25, -0.2) is 0 Å². The van der Waals surface area contributed by atoms with Crippen molar-refractivity contribution in [2.24, 2.45) is 11.5 Å². The van der Waals surface area contributed by atoms with E-state index in [1.807, 2.05) is 41.5 Å². The summed E-state index contributed by atoms with van der Waals surface area (Å²) >= 11 is 0. The van der Waals surface area contributed by atoms with Gasteiger partial charge in [-0.3, -0.25) is 4.98 Å². The molecule has 0 fully saturated rings. The van der Waals surface area contributed by atoms with E-state index in [-0.39, 0.29) is 12.3 Å². The molecule has 2 unspecified atom stereocenters. The van der Waals surface area contributed by atoms with Crippen LogP contribution in [-0.2, 0) is 11.1 Å². The van der Waals surface area contributed by atoms with E-state index < -0.39 is 29.6 Å². The second-order valence-corrected chi connectivity index (χ2v) is 5.80. The molecule has 0 radical (unpaired) electrons. The van der Waals surface area contributed by atoms with Crippen molar-refractivity contribution in [3.63, 3.8) is 0 Å². The molecule has 0 saturated carbocycles. The second-order valence-electron chi connectivity index (χ2n) is 5.80. The largest absolute Gasteiger partial charge is 0.489 e. The Labute approximate surface area is 173 Å². The first kappa shape index (κ1) is 29.6. The number of nitrogens with two attached hydrogens (primary N) is 2. The van der Waals surface area contributed by atoms with Crippen LogP contribution in [0, 0.1) is 6.92 Å². The minimum atomic E-state index is -4.95. The molecule has 29 heavy (non-hydrogen) atoms. The lowest BCUT2D eigenvalue weighted by Crippen LogP contribution is -2.49. The van der Waals surface area contributed by atoms with Gasteiger partial charge >= 0.3 is 6.18 Å². The van der Waals surface area contributed by atoms with E-state index in [4.69, 9.17) is 16.2 Å². The Bertz CT molecular complexity index is 624. The zero-order chi connectivity index (χ0) is 23.5. The number of rotatable bonds is 5. The molecule has 0 aliphatic carbocycles. The minimum absolute atomic E-state index is 0.134. The maximum absolute atomic E-state index is 13.2. The average molecular weight is 422 g/mol. The van der Waals surface area contributed by atoms with Crippen molar-refractivity contribution in [3.8, 4) is 5.75 Å². The number of nitrogens with zero attached hydrogens (tertiary/aromatic N) is 1. The highest BCUT2D eigenvalue weighted by molar-refractivity contribution is 5.47. The Hall–Kier alpha value is -1.64. The third kappa shape index (κ3) is 6.42. The van der Waals surface area contributed by atoms with Gasteiger partial charge in [0.25, 0.3) is 0 Å². The van der Waals surface area contributed by atoms with Crippen molar-refractivity contribution in [1.29, 1.82) is 0 Å². The fourth-order valence-electron chi connectivity index (χ4n) is 2.64. The van der Waals surface area contributed by atoms with Crippen LogP contribution in [0.5, 0.6) is 5.75 Å². The number of ether oxygens (including phenoxy) is 1. The number of allylic oxidation sites excluding steroid dienone is 1. The highest BCUT2D eigenvalue weighted by Gasteiger charge is 2.56. The molecule has 0 bridgehead atoms. The van der Waals surface area contributed by atoms with E-state index in [2.05, 4.69) is 11.6 Å². The van der Waals surface area contributed by atoms with Crippen LogP contribution in [0.25, 0.3) is 0 Å². The average Bonchev–Trinajstić information content (AvgIpc) is 3.07. The molecule has 5 N–H and O–H groups in total. The predicted molar refractivity (Wildman–Crippen MR) is 113 cm³/mol. The summed E-state index contributed by atoms with van der Waals surface area (Å²) < 4.78 is 45.2. The summed E-state index contributed by atoms with van der Waals surface area (Å²) in [5, 5.41) is 10.0. The van der Waals surface area contributed by atoms with E-state index >= 15 is 0 Å². The van der Waals surface area contributed by atoms with E-state index in [0.717, 1.165) is 6.07 Å². The van der Waals surface area contributed by atoms with Gasteiger partial charge in [-0.2, -0.15) is 13.2 Å². The lowest BCUT2D eigenvalue weighted by molar-refractivity contribution is -0.263. The number of hydrogen-bond acceptors (Lipinski definition) is 5. The predicted octanol–water partition coefficient (Wildman–Crippen LogP) is 4.69. The monoisotopic (exact) mass is 421 g/mol. The number of halogens is 3. The Morgan fingerprint density at radius 1 is 1.24 bits per heavy atom. The normalized spacial score (nSPS) is 18.9. The molecule has 1 aromatic rings. The van der Waals surface area contributed by atoms with Gasteiger partial charge < -0.3 is 21.3 Å². The van der Waals surface area contributed by atoms with Crippen LogP contribution >= 0.6 is 0 Å². The Morgan fingerprint density at radius 2 is 1.76 bits per heavy atom. The van der Waals surface area contributed by atoms with Crippen LogP contribution in [0.3, 0.4) is 0 Å². The minimum Gasteiger partial charge on any atom is -0.489 e. The van der Waals surface area contributed by atoms with Crippen molar-refractivity contribution >= 4 is 0 Å². The molecule has 0 amide bonds. The molecule has 170 valence electrons. The van der Waals surface area contributed by atoms with Gasteiger partial charge in [0, 0.05) is 12.1 Å². The quantitative estimate of drug-likeness (QED) is 0.600. The molecular weight excluding hydrogens is 383 g/mol. The Balaban J connectivity index is 0. The van der Waals surface area contributed by atoms with Gasteiger partial charge in [0.1, 0.15) is 12.4 Å². The number of aromatic nitrogens is 1. The first-order valence-electron chi connectivity index (χ1n) is 10.1. The molecule has 5 nitrogen and oxygen atoms in total. The third-order valence-corrected chi connectivity index (χ3v) is 4.14. The molecule has 1 aliphatic rings. The van der Waals surface area contributed by atoms with Gasteiger partial charge in [0.15, 0.2) is 0 Å². The summed E-state index contributed by atoms with van der Waals surface area (Å²) in [5.74, 6) is 0.363. The van der Waals surface area contributed by atoms with E-state index in [9.17, 15) is 18.3 Å². The molecule has 2 heterocycles. The lowest BCUT2D eigenvalue weighted by Gasteiger charge is -2.30. The maximum atomic E-state index is 13.2. The summed E-state index contributed by atoms with van der Waals surface area (Å²) in [6.45, 7) is 16.2. The topological polar surface area (TPSA) is 94.4 Å². The third-order valence-electron chi connectivity index (χ3n) is 4.14. The SMILES string of the molecule is C=CCCC1(N)COc2c1cc(C(O)(CN)C(F)(F)F)nc2C.CC.CC.CC. The standard InChI is InChI=1S/C15H20F3N3O2.3C2H6/c1-3-4-5-13(20)8-23-12-9(2)21-11(6-10(12)13)14(22,7-19)15(16,17)18;3*1-2/h3,6,22H,1,4-5,7-8,19-20H2,2H3;3*1-2H3. The number of alkyl halides is 3. The fraction of sp³-hybridized carbons (Fsp3) is 0.667. The van der Waals surface area contributed by atoms with Gasteiger partial charge in [0.2, 0.25) is 5.60 Å². The molecule has 8 heteroatoms. The highest BCUT2D eigenvalue weighted by atomic mass is 19.4. The maximum Gasteiger partial charge on any atom is 0.424 e. The van der Waals surface area contributed by atoms with Crippen LogP contribution in [0.4, 0.5) is 13.2 Å². The zero-order valence-electron chi connectivity index (χ0n) is 18.8. The van der Waals surface area contributed by atoms with Crippen LogP contribution < -0.4 is 16.2 Å². The summed E-state index contributed by atoms with van der Waals surface area (Å²) in [6.07, 6.45) is -2.24. The fourth-order valence-corrected chi connectivity index (χ4v) is 2.64. The smallest absolute Gasteiger partial charge is 0.424 e. The molecule has 0 spiro atoms.